The highest BCUT2D eigenvalue weighted by Crippen LogP contribution is 2.14. The van der Waals surface area contributed by atoms with Gasteiger partial charge in [-0.2, -0.15) is 0 Å². The molecule has 0 saturated carbocycles. The van der Waals surface area contributed by atoms with Crippen molar-refractivity contribution in [3.63, 3.8) is 0 Å². The van der Waals surface area contributed by atoms with Crippen molar-refractivity contribution in [2.45, 2.75) is 38.5 Å². The molecule has 130 valence electrons. The Morgan fingerprint density at radius 3 is 1.62 bits per heavy atom. The average molecular weight is 328 g/mol. The molecule has 0 aromatic heterocycles. The van der Waals surface area contributed by atoms with Crippen LogP contribution >= 0.6 is 0 Å². The maximum Gasteiger partial charge on any atom is 0.150 e. The first-order chi connectivity index (χ1) is 11.9. The highest BCUT2D eigenvalue weighted by Gasteiger charge is 1.95. The topological polar surface area (TPSA) is 35.5 Å². The molecule has 2 heterocycles. The van der Waals surface area contributed by atoms with Crippen molar-refractivity contribution >= 4 is 17.1 Å². The minimum Gasteiger partial charge on any atom is -0.381 e. The number of carbonyl (C=O) groups excluding carboxylic acids is 1. The lowest BCUT2D eigenvalue weighted by molar-refractivity contribution is 0.0967. The number of hydrogen-bond acceptors (Lipinski definition) is 3. The molecule has 2 saturated heterocycles. The highest BCUT2D eigenvalue weighted by molar-refractivity contribution is 5.88. The molecule has 0 radical (unpaired) electrons. The monoisotopic (exact) mass is 328 g/mol. The molecule has 0 aliphatic carbocycles. The fraction of sp³-hybridized carbons (Fsp3) is 0.476. The van der Waals surface area contributed by atoms with Gasteiger partial charge in [0.2, 0.25) is 0 Å². The smallest absolute Gasteiger partial charge is 0.150 e. The molecule has 0 N–H and O–H groups in total. The molecule has 2 aromatic carbocycles. The first-order valence-corrected chi connectivity index (χ1v) is 8.99. The second kappa shape index (κ2) is 11.8. The molecular formula is C21H28O3. The van der Waals surface area contributed by atoms with Crippen LogP contribution in [0.3, 0.4) is 0 Å². The van der Waals surface area contributed by atoms with Crippen LogP contribution in [0.25, 0.3) is 10.8 Å². The third-order valence-corrected chi connectivity index (χ3v) is 4.06. The Kier molecular flexibility index (Phi) is 9.13. The SMILES string of the molecule is C1CCOCC1.C1CCOCC1.O=Cc1ccc2ccccc2c1. The molecular weight excluding hydrogens is 300 g/mol. The minimum atomic E-state index is 0.730. The number of rotatable bonds is 1. The number of hydrogen-bond donors (Lipinski definition) is 0. The standard InChI is InChI=1S/C11H8O.2C5H10O/c12-8-9-5-6-10-3-1-2-4-11(10)7-9;2*1-2-4-6-5-3-1/h1-8H;2*1-5H2. The molecule has 0 atom stereocenters. The maximum absolute atomic E-state index is 10.5. The van der Waals surface area contributed by atoms with Crippen LogP contribution in [0.2, 0.25) is 0 Å². The largest absolute Gasteiger partial charge is 0.381 e. The number of benzene rings is 2. The van der Waals surface area contributed by atoms with Crippen molar-refractivity contribution in [3.05, 3.63) is 48.0 Å². The van der Waals surface area contributed by atoms with Gasteiger partial charge in [-0.25, -0.2) is 0 Å². The zero-order valence-corrected chi connectivity index (χ0v) is 14.4. The van der Waals surface area contributed by atoms with Gasteiger partial charge in [0.1, 0.15) is 6.29 Å². The maximum atomic E-state index is 10.5. The molecule has 2 aromatic rings. The van der Waals surface area contributed by atoms with E-state index in [9.17, 15) is 4.79 Å². The van der Waals surface area contributed by atoms with Gasteiger partial charge in [-0.3, -0.25) is 4.79 Å². The fourth-order valence-electron chi connectivity index (χ4n) is 2.66. The van der Waals surface area contributed by atoms with E-state index in [2.05, 4.69) is 0 Å². The quantitative estimate of drug-likeness (QED) is 0.689. The van der Waals surface area contributed by atoms with E-state index >= 15 is 0 Å². The summed E-state index contributed by atoms with van der Waals surface area (Å²) in [4.78, 5) is 10.5. The molecule has 2 aliphatic rings. The van der Waals surface area contributed by atoms with Crippen molar-refractivity contribution in [1.82, 2.24) is 0 Å². The molecule has 0 spiro atoms. The Labute approximate surface area is 145 Å². The minimum absolute atomic E-state index is 0.730. The second-order valence-electron chi connectivity index (χ2n) is 6.07. The van der Waals surface area contributed by atoms with Crippen molar-refractivity contribution in [3.8, 4) is 0 Å². The van der Waals surface area contributed by atoms with E-state index in [0.29, 0.717) is 0 Å². The van der Waals surface area contributed by atoms with Crippen LogP contribution in [0.1, 0.15) is 48.9 Å². The number of aldehydes is 1. The van der Waals surface area contributed by atoms with Gasteiger partial charge in [-0.1, -0.05) is 36.4 Å². The van der Waals surface area contributed by atoms with Gasteiger partial charge in [0, 0.05) is 32.0 Å². The van der Waals surface area contributed by atoms with Gasteiger partial charge < -0.3 is 9.47 Å². The molecule has 2 fully saturated rings. The lowest BCUT2D eigenvalue weighted by Crippen LogP contribution is -2.03. The molecule has 4 rings (SSSR count). The summed E-state index contributed by atoms with van der Waals surface area (Å²) in [7, 11) is 0. The van der Waals surface area contributed by atoms with Crippen LogP contribution in [0.4, 0.5) is 0 Å². The van der Waals surface area contributed by atoms with Crippen LogP contribution in [0, 0.1) is 0 Å². The Bertz CT molecular complexity index is 551. The van der Waals surface area contributed by atoms with Crippen LogP contribution in [-0.2, 0) is 9.47 Å². The van der Waals surface area contributed by atoms with Crippen LogP contribution in [0.15, 0.2) is 42.5 Å². The van der Waals surface area contributed by atoms with Crippen LogP contribution in [-0.4, -0.2) is 32.7 Å². The van der Waals surface area contributed by atoms with E-state index in [4.69, 9.17) is 9.47 Å². The summed E-state index contributed by atoms with van der Waals surface area (Å²) in [6, 6.07) is 13.7. The predicted octanol–water partition coefficient (Wildman–Crippen LogP) is 5.03. The predicted molar refractivity (Wildman–Crippen MR) is 98.7 cm³/mol. The summed E-state index contributed by atoms with van der Waals surface area (Å²) in [5, 5.41) is 2.28. The molecule has 3 nitrogen and oxygen atoms in total. The first kappa shape index (κ1) is 18.6. The number of carbonyl (C=O) groups is 1. The molecule has 3 heteroatoms. The van der Waals surface area contributed by atoms with Gasteiger partial charge in [0.25, 0.3) is 0 Å². The lowest BCUT2D eigenvalue weighted by atomic mass is 10.1. The van der Waals surface area contributed by atoms with Crippen molar-refractivity contribution < 1.29 is 14.3 Å². The Morgan fingerprint density at radius 1 is 0.667 bits per heavy atom. The summed E-state index contributed by atoms with van der Waals surface area (Å²) in [6.07, 6.45) is 8.73. The van der Waals surface area contributed by atoms with Gasteiger partial charge in [0.05, 0.1) is 0 Å². The van der Waals surface area contributed by atoms with Crippen molar-refractivity contribution in [2.24, 2.45) is 0 Å². The van der Waals surface area contributed by atoms with Gasteiger partial charge in [-0.05, 0) is 55.4 Å². The molecule has 0 unspecified atom stereocenters. The second-order valence-corrected chi connectivity index (χ2v) is 6.07. The zero-order chi connectivity index (χ0) is 16.9. The lowest BCUT2D eigenvalue weighted by Gasteiger charge is -2.08. The van der Waals surface area contributed by atoms with E-state index in [1.807, 2.05) is 42.5 Å². The summed E-state index contributed by atoms with van der Waals surface area (Å²) in [6.45, 7) is 4.00. The molecule has 2 aliphatic heterocycles. The highest BCUT2D eigenvalue weighted by atomic mass is 16.5. The van der Waals surface area contributed by atoms with Gasteiger partial charge in [0.15, 0.2) is 0 Å². The Balaban J connectivity index is 0.000000146. The molecule has 0 amide bonds. The van der Waals surface area contributed by atoms with Crippen molar-refractivity contribution in [1.29, 1.82) is 0 Å². The summed E-state index contributed by atoms with van der Waals surface area (Å²) < 4.78 is 10.1. The number of fused-ring (bicyclic) bond motifs is 1. The average Bonchev–Trinajstić information content (AvgIpc) is 2.71. The Hall–Kier alpha value is -1.71. The zero-order valence-electron chi connectivity index (χ0n) is 14.4. The normalized spacial score (nSPS) is 17.0. The third-order valence-electron chi connectivity index (χ3n) is 4.06. The van der Waals surface area contributed by atoms with Crippen molar-refractivity contribution in [2.75, 3.05) is 26.4 Å². The van der Waals surface area contributed by atoms with E-state index in [1.54, 1.807) is 0 Å². The van der Waals surface area contributed by atoms with E-state index in [0.717, 1.165) is 43.7 Å². The van der Waals surface area contributed by atoms with Crippen LogP contribution in [0.5, 0.6) is 0 Å². The summed E-state index contributed by atoms with van der Waals surface area (Å²) in [5.41, 5.74) is 0.730. The van der Waals surface area contributed by atoms with Crippen LogP contribution < -0.4 is 0 Å². The van der Waals surface area contributed by atoms with E-state index in [-0.39, 0.29) is 0 Å². The van der Waals surface area contributed by atoms with Gasteiger partial charge in [-0.15, -0.1) is 0 Å². The summed E-state index contributed by atoms with van der Waals surface area (Å²) >= 11 is 0. The Morgan fingerprint density at radius 2 is 1.21 bits per heavy atom. The molecule has 0 bridgehead atoms. The molecule has 24 heavy (non-hydrogen) atoms. The van der Waals surface area contributed by atoms with E-state index < -0.39 is 0 Å². The van der Waals surface area contributed by atoms with Gasteiger partial charge >= 0.3 is 0 Å². The third kappa shape index (κ3) is 7.24. The first-order valence-electron chi connectivity index (χ1n) is 8.99. The number of ether oxygens (including phenoxy) is 2. The summed E-state index contributed by atoms with van der Waals surface area (Å²) in [5.74, 6) is 0. The fourth-order valence-corrected chi connectivity index (χ4v) is 2.66. The van der Waals surface area contributed by atoms with E-state index in [1.165, 1.54) is 43.9 Å².